The van der Waals surface area contributed by atoms with Crippen molar-refractivity contribution < 1.29 is 0 Å². The van der Waals surface area contributed by atoms with Crippen LogP contribution in [0.2, 0.25) is 0 Å². The Balaban J connectivity index is 2.12. The first kappa shape index (κ1) is 12.3. The van der Waals surface area contributed by atoms with E-state index in [1.807, 2.05) is 31.6 Å². The van der Waals surface area contributed by atoms with E-state index in [-0.39, 0.29) is 5.92 Å². The van der Waals surface area contributed by atoms with Gasteiger partial charge in [-0.2, -0.15) is 5.10 Å². The van der Waals surface area contributed by atoms with E-state index in [2.05, 4.69) is 20.4 Å². The molecule has 0 unspecified atom stereocenters. The number of nitrogen functional groups attached to an aromatic ring is 1. The molecule has 0 aromatic carbocycles. The molecule has 0 spiro atoms. The summed E-state index contributed by atoms with van der Waals surface area (Å²) in [6.07, 6.45) is 1.77. The predicted molar refractivity (Wildman–Crippen MR) is 71.1 cm³/mol. The molecule has 0 aliphatic carbocycles. The highest BCUT2D eigenvalue weighted by Gasteiger charge is 2.07. The Bertz CT molecular complexity index is 531. The molecule has 0 bridgehead atoms. The third-order valence-electron chi connectivity index (χ3n) is 2.65. The molecule has 0 radical (unpaired) electrons. The molecule has 0 fully saturated rings. The van der Waals surface area contributed by atoms with E-state index in [0.717, 1.165) is 17.3 Å². The fourth-order valence-electron chi connectivity index (χ4n) is 1.59. The molecule has 0 aliphatic heterocycles. The van der Waals surface area contributed by atoms with Gasteiger partial charge in [-0.1, -0.05) is 13.8 Å². The van der Waals surface area contributed by atoms with Crippen LogP contribution in [0.25, 0.3) is 0 Å². The number of hydrogen-bond donors (Lipinski definition) is 2. The minimum absolute atomic E-state index is 0.255. The standard InChI is InChI=1S/C12H18N6/c1-8(2)12-16-10(13)6-11(17-12)14-7-9-4-5-15-18(9)3/h4-6,8H,7H2,1-3H3,(H3,13,14,16,17). The summed E-state index contributed by atoms with van der Waals surface area (Å²) in [5.41, 5.74) is 6.85. The summed E-state index contributed by atoms with van der Waals surface area (Å²) in [5, 5.41) is 7.34. The van der Waals surface area contributed by atoms with Gasteiger partial charge in [0.25, 0.3) is 0 Å². The van der Waals surface area contributed by atoms with Crippen molar-refractivity contribution in [1.82, 2.24) is 19.7 Å². The summed E-state index contributed by atoms with van der Waals surface area (Å²) in [4.78, 5) is 8.64. The van der Waals surface area contributed by atoms with Crippen molar-refractivity contribution in [2.45, 2.75) is 26.3 Å². The van der Waals surface area contributed by atoms with Crippen molar-refractivity contribution in [2.24, 2.45) is 7.05 Å². The molecule has 0 saturated heterocycles. The number of aromatic nitrogens is 4. The number of nitrogens with two attached hydrogens (primary N) is 1. The minimum atomic E-state index is 0.255. The zero-order valence-corrected chi connectivity index (χ0v) is 10.9. The summed E-state index contributed by atoms with van der Waals surface area (Å²) >= 11 is 0. The third-order valence-corrected chi connectivity index (χ3v) is 2.65. The van der Waals surface area contributed by atoms with Crippen molar-refractivity contribution >= 4 is 11.6 Å². The molecule has 2 heterocycles. The summed E-state index contributed by atoms with van der Waals surface area (Å²) in [5.74, 6) is 2.24. The maximum absolute atomic E-state index is 5.77. The quantitative estimate of drug-likeness (QED) is 0.855. The van der Waals surface area contributed by atoms with E-state index >= 15 is 0 Å². The van der Waals surface area contributed by atoms with Crippen LogP contribution in [0.4, 0.5) is 11.6 Å². The smallest absolute Gasteiger partial charge is 0.135 e. The third kappa shape index (κ3) is 2.77. The Morgan fingerprint density at radius 2 is 2.17 bits per heavy atom. The van der Waals surface area contributed by atoms with Crippen molar-refractivity contribution in [3.05, 3.63) is 29.8 Å². The van der Waals surface area contributed by atoms with Gasteiger partial charge in [-0.05, 0) is 6.07 Å². The molecular weight excluding hydrogens is 228 g/mol. The second-order valence-electron chi connectivity index (χ2n) is 4.49. The molecule has 2 aromatic heterocycles. The highest BCUT2D eigenvalue weighted by atomic mass is 15.3. The van der Waals surface area contributed by atoms with Gasteiger partial charge in [-0.25, -0.2) is 9.97 Å². The van der Waals surface area contributed by atoms with Gasteiger partial charge >= 0.3 is 0 Å². The van der Waals surface area contributed by atoms with Gasteiger partial charge in [0.15, 0.2) is 0 Å². The Labute approximate surface area is 106 Å². The molecule has 0 aliphatic rings. The van der Waals surface area contributed by atoms with E-state index in [1.54, 1.807) is 12.3 Å². The summed E-state index contributed by atoms with van der Waals surface area (Å²) in [6, 6.07) is 3.70. The Kier molecular flexibility index (Phi) is 3.45. The molecule has 0 amide bonds. The molecule has 96 valence electrons. The Morgan fingerprint density at radius 1 is 1.39 bits per heavy atom. The summed E-state index contributed by atoms with van der Waals surface area (Å²) in [7, 11) is 1.91. The lowest BCUT2D eigenvalue weighted by atomic mass is 10.2. The first-order valence-corrected chi connectivity index (χ1v) is 5.91. The lowest BCUT2D eigenvalue weighted by Gasteiger charge is -2.10. The molecule has 0 saturated carbocycles. The van der Waals surface area contributed by atoms with Gasteiger partial charge in [-0.3, -0.25) is 4.68 Å². The second kappa shape index (κ2) is 5.03. The first-order chi connectivity index (χ1) is 8.56. The van der Waals surface area contributed by atoms with Crippen LogP contribution in [0.3, 0.4) is 0 Å². The predicted octanol–water partition coefficient (Wildman–Crippen LogP) is 1.53. The van der Waals surface area contributed by atoms with Gasteiger partial charge in [0.05, 0.1) is 12.2 Å². The van der Waals surface area contributed by atoms with Crippen LogP contribution < -0.4 is 11.1 Å². The fraction of sp³-hybridized carbons (Fsp3) is 0.417. The molecule has 6 heteroatoms. The molecule has 0 atom stereocenters. The average Bonchev–Trinajstić information content (AvgIpc) is 2.71. The van der Waals surface area contributed by atoms with Crippen LogP contribution in [0.1, 0.15) is 31.3 Å². The summed E-state index contributed by atoms with van der Waals surface area (Å²) in [6.45, 7) is 4.74. The zero-order valence-electron chi connectivity index (χ0n) is 10.9. The van der Waals surface area contributed by atoms with E-state index in [0.29, 0.717) is 12.4 Å². The highest BCUT2D eigenvalue weighted by molar-refractivity contribution is 5.45. The number of aryl methyl sites for hydroxylation is 1. The second-order valence-corrected chi connectivity index (χ2v) is 4.49. The minimum Gasteiger partial charge on any atom is -0.384 e. The van der Waals surface area contributed by atoms with Crippen LogP contribution in [0.15, 0.2) is 18.3 Å². The summed E-state index contributed by atoms with van der Waals surface area (Å²) < 4.78 is 1.82. The maximum Gasteiger partial charge on any atom is 0.135 e. The van der Waals surface area contributed by atoms with Crippen molar-refractivity contribution in [3.63, 3.8) is 0 Å². The molecule has 2 aromatic rings. The topological polar surface area (TPSA) is 81.6 Å². The molecule has 3 N–H and O–H groups in total. The zero-order chi connectivity index (χ0) is 13.1. The lowest BCUT2D eigenvalue weighted by Crippen LogP contribution is -2.09. The molecule has 6 nitrogen and oxygen atoms in total. The number of hydrogen-bond acceptors (Lipinski definition) is 5. The van der Waals surface area contributed by atoms with Crippen molar-refractivity contribution in [1.29, 1.82) is 0 Å². The van der Waals surface area contributed by atoms with Gasteiger partial charge in [-0.15, -0.1) is 0 Å². The SMILES string of the molecule is CC(C)c1nc(N)cc(NCc2ccnn2C)n1. The maximum atomic E-state index is 5.77. The average molecular weight is 246 g/mol. The van der Waals surface area contributed by atoms with Crippen LogP contribution >= 0.6 is 0 Å². The van der Waals surface area contributed by atoms with E-state index in [4.69, 9.17) is 5.73 Å². The molecule has 18 heavy (non-hydrogen) atoms. The highest BCUT2D eigenvalue weighted by Crippen LogP contribution is 2.15. The molecular formula is C12H18N6. The van der Waals surface area contributed by atoms with Crippen molar-refractivity contribution in [3.8, 4) is 0 Å². The normalized spacial score (nSPS) is 10.9. The fourth-order valence-corrected chi connectivity index (χ4v) is 1.59. The Morgan fingerprint density at radius 3 is 2.78 bits per heavy atom. The first-order valence-electron chi connectivity index (χ1n) is 5.91. The van der Waals surface area contributed by atoms with E-state index < -0.39 is 0 Å². The number of nitrogens with one attached hydrogen (secondary N) is 1. The van der Waals surface area contributed by atoms with Gasteiger partial charge in [0.2, 0.25) is 0 Å². The Hall–Kier alpha value is -2.11. The monoisotopic (exact) mass is 246 g/mol. The number of rotatable bonds is 4. The van der Waals surface area contributed by atoms with Crippen LogP contribution in [0.5, 0.6) is 0 Å². The lowest BCUT2D eigenvalue weighted by molar-refractivity contribution is 0.718. The van der Waals surface area contributed by atoms with E-state index in [9.17, 15) is 0 Å². The van der Waals surface area contributed by atoms with Crippen LogP contribution in [0, 0.1) is 0 Å². The van der Waals surface area contributed by atoms with Crippen LogP contribution in [-0.2, 0) is 13.6 Å². The van der Waals surface area contributed by atoms with Gasteiger partial charge < -0.3 is 11.1 Å². The van der Waals surface area contributed by atoms with Gasteiger partial charge in [0.1, 0.15) is 17.5 Å². The van der Waals surface area contributed by atoms with E-state index in [1.165, 1.54) is 0 Å². The van der Waals surface area contributed by atoms with Crippen molar-refractivity contribution in [2.75, 3.05) is 11.1 Å². The largest absolute Gasteiger partial charge is 0.384 e. The van der Waals surface area contributed by atoms with Gasteiger partial charge in [0, 0.05) is 25.2 Å². The van der Waals surface area contributed by atoms with Crippen LogP contribution in [-0.4, -0.2) is 19.7 Å². The number of nitrogens with zero attached hydrogens (tertiary/aromatic N) is 4. The number of anilines is 2. The molecule has 2 rings (SSSR count).